The maximum atomic E-state index is 13.1. The summed E-state index contributed by atoms with van der Waals surface area (Å²) in [5, 5.41) is 3.88. The van der Waals surface area contributed by atoms with Crippen LogP contribution in [0.5, 0.6) is 5.75 Å². The van der Waals surface area contributed by atoms with Gasteiger partial charge in [0, 0.05) is 30.0 Å². The molecule has 2 atom stereocenters. The quantitative estimate of drug-likeness (QED) is 0.766. The molecule has 0 radical (unpaired) electrons. The van der Waals surface area contributed by atoms with Crippen LogP contribution in [0.2, 0.25) is 10.0 Å². The molecule has 28 heavy (non-hydrogen) atoms. The minimum Gasteiger partial charge on any atom is -0.497 e. The molecule has 4 nitrogen and oxygen atoms in total. The van der Waals surface area contributed by atoms with Gasteiger partial charge in [-0.3, -0.25) is 9.59 Å². The second-order valence-electron chi connectivity index (χ2n) is 7.18. The summed E-state index contributed by atoms with van der Waals surface area (Å²) in [6.45, 7) is 0. The first-order valence-electron chi connectivity index (χ1n) is 9.11. The highest BCUT2D eigenvalue weighted by Crippen LogP contribution is 2.43. The van der Waals surface area contributed by atoms with Crippen LogP contribution < -0.4 is 10.1 Å². The highest BCUT2D eigenvalue weighted by Gasteiger charge is 2.38. The van der Waals surface area contributed by atoms with E-state index in [9.17, 15) is 9.59 Å². The highest BCUT2D eigenvalue weighted by molar-refractivity contribution is 6.42. The number of ketones is 1. The monoisotopic (exact) mass is 415 g/mol. The molecule has 0 spiro atoms. The van der Waals surface area contributed by atoms with E-state index < -0.39 is 0 Å². The molecule has 2 unspecified atom stereocenters. The van der Waals surface area contributed by atoms with Crippen molar-refractivity contribution in [1.82, 2.24) is 5.32 Å². The number of benzene rings is 2. The van der Waals surface area contributed by atoms with Gasteiger partial charge in [-0.15, -0.1) is 0 Å². The topological polar surface area (TPSA) is 55.4 Å². The first-order chi connectivity index (χ1) is 13.5. The van der Waals surface area contributed by atoms with Gasteiger partial charge in [0.15, 0.2) is 5.78 Å². The van der Waals surface area contributed by atoms with Crippen LogP contribution in [-0.2, 0) is 9.59 Å². The number of allylic oxidation sites excluding steroid dienone is 2. The molecule has 2 aromatic carbocycles. The molecule has 0 saturated carbocycles. The van der Waals surface area contributed by atoms with Crippen LogP contribution >= 0.6 is 23.2 Å². The number of Topliss-reactive ketones (excluding diaryl/α,β-unsaturated/α-hetero) is 1. The van der Waals surface area contributed by atoms with E-state index >= 15 is 0 Å². The van der Waals surface area contributed by atoms with E-state index in [1.165, 1.54) is 0 Å². The molecular weight excluding hydrogens is 397 g/mol. The van der Waals surface area contributed by atoms with Crippen LogP contribution in [-0.4, -0.2) is 18.8 Å². The van der Waals surface area contributed by atoms with Crippen molar-refractivity contribution < 1.29 is 14.3 Å². The summed E-state index contributed by atoms with van der Waals surface area (Å²) >= 11 is 12.2. The predicted octanol–water partition coefficient (Wildman–Crippen LogP) is 5.01. The van der Waals surface area contributed by atoms with Crippen LogP contribution in [0.3, 0.4) is 0 Å². The molecule has 0 aromatic heterocycles. The summed E-state index contributed by atoms with van der Waals surface area (Å²) in [5.74, 6) is 0.411. The number of nitrogens with one attached hydrogen (secondary N) is 1. The van der Waals surface area contributed by atoms with Gasteiger partial charge in [-0.2, -0.15) is 0 Å². The molecule has 1 amide bonds. The summed E-state index contributed by atoms with van der Waals surface area (Å²) in [4.78, 5) is 25.5. The van der Waals surface area contributed by atoms with Gasteiger partial charge in [-0.1, -0.05) is 41.4 Å². The fraction of sp³-hybridized carbons (Fsp3) is 0.273. The Labute approximate surface area is 173 Å². The Balaban J connectivity index is 1.71. The third-order valence-corrected chi connectivity index (χ3v) is 6.19. The van der Waals surface area contributed by atoms with E-state index in [1.807, 2.05) is 30.3 Å². The van der Waals surface area contributed by atoms with Gasteiger partial charge in [0.2, 0.25) is 5.91 Å². The summed E-state index contributed by atoms with van der Waals surface area (Å²) in [6, 6.07) is 13.0. The lowest BCUT2D eigenvalue weighted by Gasteiger charge is -2.34. The van der Waals surface area contributed by atoms with Crippen molar-refractivity contribution in [2.24, 2.45) is 0 Å². The Kier molecular flexibility index (Phi) is 5.17. The number of rotatable bonds is 3. The lowest BCUT2D eigenvalue weighted by atomic mass is 9.73. The molecule has 1 heterocycles. The summed E-state index contributed by atoms with van der Waals surface area (Å²) in [6.07, 6.45) is 1.23. The predicted molar refractivity (Wildman–Crippen MR) is 109 cm³/mol. The number of carbonyl (C=O) groups is 2. The van der Waals surface area contributed by atoms with Crippen LogP contribution in [0.15, 0.2) is 53.7 Å². The number of carbonyl (C=O) groups excluding carboxylic acids is 2. The Morgan fingerprint density at radius 3 is 2.54 bits per heavy atom. The van der Waals surface area contributed by atoms with Crippen molar-refractivity contribution in [3.05, 3.63) is 74.9 Å². The average Bonchev–Trinajstić information content (AvgIpc) is 2.69. The van der Waals surface area contributed by atoms with Crippen molar-refractivity contribution >= 4 is 34.9 Å². The standard InChI is InChI=1S/C22H19Cl2NO3/c1-28-15-4-2-3-13(7-15)16-11-21(27)25-19-9-14(10-20(26)22(16)19)12-5-6-17(23)18(24)8-12/h2-8,14,16H,9-11H2,1H3,(H,25,27). The van der Waals surface area contributed by atoms with E-state index in [4.69, 9.17) is 27.9 Å². The van der Waals surface area contributed by atoms with Crippen LogP contribution in [0, 0.1) is 0 Å². The normalized spacial score (nSPS) is 22.0. The molecule has 0 saturated heterocycles. The second kappa shape index (κ2) is 7.61. The van der Waals surface area contributed by atoms with Crippen molar-refractivity contribution in [1.29, 1.82) is 0 Å². The number of ether oxygens (including phenoxy) is 1. The van der Waals surface area contributed by atoms with E-state index in [-0.39, 0.29) is 29.9 Å². The summed E-state index contributed by atoms with van der Waals surface area (Å²) < 4.78 is 5.31. The molecule has 2 aliphatic rings. The van der Waals surface area contributed by atoms with E-state index in [1.54, 1.807) is 19.2 Å². The molecule has 1 aliphatic heterocycles. The third-order valence-electron chi connectivity index (χ3n) is 5.45. The SMILES string of the molecule is COc1cccc(C2CC(=O)NC3=C2C(=O)CC(c2ccc(Cl)c(Cl)c2)C3)c1. The van der Waals surface area contributed by atoms with E-state index in [0.29, 0.717) is 34.2 Å². The molecule has 1 N–H and O–H groups in total. The Morgan fingerprint density at radius 2 is 1.79 bits per heavy atom. The Morgan fingerprint density at radius 1 is 0.964 bits per heavy atom. The van der Waals surface area contributed by atoms with E-state index in [2.05, 4.69) is 5.32 Å². The first kappa shape index (κ1) is 19.0. The van der Waals surface area contributed by atoms with Gasteiger partial charge in [-0.05, 0) is 47.7 Å². The molecule has 0 bridgehead atoms. The van der Waals surface area contributed by atoms with Crippen LogP contribution in [0.4, 0.5) is 0 Å². The maximum absolute atomic E-state index is 13.1. The van der Waals surface area contributed by atoms with E-state index in [0.717, 1.165) is 16.8 Å². The maximum Gasteiger partial charge on any atom is 0.225 e. The lowest BCUT2D eigenvalue weighted by Crippen LogP contribution is -2.38. The zero-order valence-electron chi connectivity index (χ0n) is 15.3. The lowest BCUT2D eigenvalue weighted by molar-refractivity contribution is -0.122. The highest BCUT2D eigenvalue weighted by atomic mass is 35.5. The zero-order chi connectivity index (χ0) is 19.8. The van der Waals surface area contributed by atoms with Gasteiger partial charge in [-0.25, -0.2) is 0 Å². The largest absolute Gasteiger partial charge is 0.497 e. The number of hydrogen-bond acceptors (Lipinski definition) is 3. The average molecular weight is 416 g/mol. The fourth-order valence-corrected chi connectivity index (χ4v) is 4.41. The number of halogens is 2. The zero-order valence-corrected chi connectivity index (χ0v) is 16.8. The fourth-order valence-electron chi connectivity index (χ4n) is 4.11. The van der Waals surface area contributed by atoms with Gasteiger partial charge in [0.1, 0.15) is 5.75 Å². The third kappa shape index (κ3) is 3.54. The molecule has 2 aromatic rings. The minimum atomic E-state index is -0.249. The number of hydrogen-bond donors (Lipinski definition) is 1. The number of amides is 1. The van der Waals surface area contributed by atoms with Gasteiger partial charge >= 0.3 is 0 Å². The number of methoxy groups -OCH3 is 1. The molecule has 6 heteroatoms. The molecule has 0 fully saturated rings. The Bertz CT molecular complexity index is 999. The smallest absolute Gasteiger partial charge is 0.225 e. The van der Waals surface area contributed by atoms with Crippen molar-refractivity contribution in [3.63, 3.8) is 0 Å². The molecule has 1 aliphatic carbocycles. The van der Waals surface area contributed by atoms with Gasteiger partial charge in [0.05, 0.1) is 17.2 Å². The molecular formula is C22H19Cl2NO3. The summed E-state index contributed by atoms with van der Waals surface area (Å²) in [7, 11) is 1.60. The van der Waals surface area contributed by atoms with Crippen molar-refractivity contribution in [2.75, 3.05) is 7.11 Å². The summed E-state index contributed by atoms with van der Waals surface area (Å²) in [5.41, 5.74) is 3.30. The van der Waals surface area contributed by atoms with Gasteiger partial charge < -0.3 is 10.1 Å². The second-order valence-corrected chi connectivity index (χ2v) is 7.99. The molecule has 144 valence electrons. The van der Waals surface area contributed by atoms with Crippen molar-refractivity contribution in [3.8, 4) is 5.75 Å². The van der Waals surface area contributed by atoms with Crippen molar-refractivity contribution in [2.45, 2.75) is 31.1 Å². The van der Waals surface area contributed by atoms with Crippen LogP contribution in [0.1, 0.15) is 42.2 Å². The van der Waals surface area contributed by atoms with Crippen LogP contribution in [0.25, 0.3) is 0 Å². The minimum absolute atomic E-state index is 0.0367. The molecule has 4 rings (SSSR count). The Hall–Kier alpha value is -2.30. The first-order valence-corrected chi connectivity index (χ1v) is 9.87. The van der Waals surface area contributed by atoms with Gasteiger partial charge in [0.25, 0.3) is 0 Å².